The first-order valence-corrected chi connectivity index (χ1v) is 6.69. The van der Waals surface area contributed by atoms with E-state index in [1.165, 1.54) is 0 Å². The third-order valence-electron chi connectivity index (χ3n) is 3.33. The topological polar surface area (TPSA) is 50.4 Å². The number of anilines is 1. The van der Waals surface area contributed by atoms with Gasteiger partial charge in [-0.3, -0.25) is 4.79 Å². The number of hydrogen-bond donors (Lipinski definition) is 2. The van der Waals surface area contributed by atoms with Crippen LogP contribution in [0.1, 0.15) is 32.8 Å². The lowest BCUT2D eigenvalue weighted by atomic mass is 10.0. The molecule has 2 rings (SSSR count). The predicted molar refractivity (Wildman–Crippen MR) is 76.6 cm³/mol. The molecule has 1 unspecified atom stereocenters. The summed E-state index contributed by atoms with van der Waals surface area (Å²) in [5.74, 6) is 0.951. The zero-order valence-corrected chi connectivity index (χ0v) is 12.0. The summed E-state index contributed by atoms with van der Waals surface area (Å²) in [7, 11) is 1.85. The standard InChI is InChI=1S/C15H22N2O2/c1-10(16-4)7-14(18)17-12-5-6-13-11(8-12)9-15(2,3)19-13/h5-6,8,10,16H,7,9H2,1-4H3,(H,17,18). The lowest BCUT2D eigenvalue weighted by Gasteiger charge is -2.16. The maximum Gasteiger partial charge on any atom is 0.225 e. The third kappa shape index (κ3) is 3.47. The first kappa shape index (κ1) is 13.9. The van der Waals surface area contributed by atoms with Gasteiger partial charge in [-0.2, -0.15) is 0 Å². The second kappa shape index (κ2) is 5.21. The first-order chi connectivity index (χ1) is 8.89. The maximum absolute atomic E-state index is 11.8. The average Bonchev–Trinajstić information content (AvgIpc) is 2.61. The van der Waals surface area contributed by atoms with Crippen LogP contribution in [0.4, 0.5) is 5.69 Å². The van der Waals surface area contributed by atoms with Crippen LogP contribution in [0, 0.1) is 0 Å². The molecule has 0 fully saturated rings. The van der Waals surface area contributed by atoms with Crippen molar-refractivity contribution in [3.63, 3.8) is 0 Å². The van der Waals surface area contributed by atoms with Crippen LogP contribution in [0.15, 0.2) is 18.2 Å². The highest BCUT2D eigenvalue weighted by Crippen LogP contribution is 2.36. The Hall–Kier alpha value is -1.55. The molecule has 0 aromatic heterocycles. The molecule has 0 bridgehead atoms. The molecule has 1 aromatic carbocycles. The van der Waals surface area contributed by atoms with E-state index in [9.17, 15) is 4.79 Å². The summed E-state index contributed by atoms with van der Waals surface area (Å²) in [6, 6.07) is 6.01. The third-order valence-corrected chi connectivity index (χ3v) is 3.33. The Bertz CT molecular complexity index is 483. The fourth-order valence-electron chi connectivity index (χ4n) is 2.28. The van der Waals surface area contributed by atoms with Crippen LogP contribution in [-0.4, -0.2) is 24.6 Å². The summed E-state index contributed by atoms with van der Waals surface area (Å²) in [4.78, 5) is 11.8. The molecule has 1 aliphatic heterocycles. The minimum absolute atomic E-state index is 0.0278. The highest BCUT2D eigenvalue weighted by molar-refractivity contribution is 5.91. The minimum Gasteiger partial charge on any atom is -0.487 e. The van der Waals surface area contributed by atoms with Gasteiger partial charge in [-0.05, 0) is 46.0 Å². The van der Waals surface area contributed by atoms with Gasteiger partial charge < -0.3 is 15.4 Å². The largest absolute Gasteiger partial charge is 0.487 e. The van der Waals surface area contributed by atoms with Crippen LogP contribution < -0.4 is 15.4 Å². The fraction of sp³-hybridized carbons (Fsp3) is 0.533. The summed E-state index contributed by atoms with van der Waals surface area (Å²) in [5, 5.41) is 5.98. The highest BCUT2D eigenvalue weighted by atomic mass is 16.5. The Kier molecular flexibility index (Phi) is 3.80. The number of nitrogens with one attached hydrogen (secondary N) is 2. The Balaban J connectivity index is 2.02. The monoisotopic (exact) mass is 262 g/mol. The SMILES string of the molecule is CNC(C)CC(=O)Nc1ccc2c(c1)CC(C)(C)O2. The summed E-state index contributed by atoms with van der Waals surface area (Å²) in [5.41, 5.74) is 1.85. The molecule has 1 aromatic rings. The van der Waals surface area contributed by atoms with Crippen LogP contribution in [0.25, 0.3) is 0 Å². The summed E-state index contributed by atoms with van der Waals surface area (Å²) < 4.78 is 5.81. The van der Waals surface area contributed by atoms with Crippen molar-refractivity contribution in [1.29, 1.82) is 0 Å². The molecule has 19 heavy (non-hydrogen) atoms. The van der Waals surface area contributed by atoms with Crippen molar-refractivity contribution < 1.29 is 9.53 Å². The molecule has 0 aliphatic carbocycles. The van der Waals surface area contributed by atoms with Crippen molar-refractivity contribution in [2.45, 2.75) is 45.3 Å². The molecular formula is C15H22N2O2. The van der Waals surface area contributed by atoms with E-state index < -0.39 is 0 Å². The molecule has 0 saturated heterocycles. The molecule has 1 atom stereocenters. The second-order valence-electron chi connectivity index (χ2n) is 5.80. The number of benzene rings is 1. The first-order valence-electron chi connectivity index (χ1n) is 6.69. The van der Waals surface area contributed by atoms with Gasteiger partial charge in [0, 0.05) is 30.1 Å². The molecule has 1 heterocycles. The number of carbonyl (C=O) groups is 1. The van der Waals surface area contributed by atoms with E-state index >= 15 is 0 Å². The van der Waals surface area contributed by atoms with Crippen LogP contribution in [0.3, 0.4) is 0 Å². The quantitative estimate of drug-likeness (QED) is 0.875. The van der Waals surface area contributed by atoms with E-state index in [0.717, 1.165) is 23.4 Å². The number of carbonyl (C=O) groups excluding carboxylic acids is 1. The Labute approximate surface area is 114 Å². The van der Waals surface area contributed by atoms with E-state index in [1.807, 2.05) is 32.2 Å². The molecule has 4 heteroatoms. The summed E-state index contributed by atoms with van der Waals surface area (Å²) >= 11 is 0. The van der Waals surface area contributed by atoms with Gasteiger partial charge >= 0.3 is 0 Å². The van der Waals surface area contributed by atoms with Crippen molar-refractivity contribution in [1.82, 2.24) is 5.32 Å². The molecule has 0 saturated carbocycles. The lowest BCUT2D eigenvalue weighted by molar-refractivity contribution is -0.116. The van der Waals surface area contributed by atoms with Crippen molar-refractivity contribution in [3.05, 3.63) is 23.8 Å². The molecule has 1 amide bonds. The number of ether oxygens (including phenoxy) is 1. The molecule has 4 nitrogen and oxygen atoms in total. The number of hydrogen-bond acceptors (Lipinski definition) is 3. The van der Waals surface area contributed by atoms with E-state index in [0.29, 0.717) is 6.42 Å². The minimum atomic E-state index is -0.147. The van der Waals surface area contributed by atoms with E-state index in [4.69, 9.17) is 4.74 Å². The normalized spacial score (nSPS) is 17.5. The average molecular weight is 262 g/mol. The van der Waals surface area contributed by atoms with Crippen LogP contribution in [0.2, 0.25) is 0 Å². The number of amides is 1. The Morgan fingerprint density at radius 2 is 2.21 bits per heavy atom. The van der Waals surface area contributed by atoms with Gasteiger partial charge in [0.2, 0.25) is 5.91 Å². The van der Waals surface area contributed by atoms with Crippen LogP contribution in [0.5, 0.6) is 5.75 Å². The van der Waals surface area contributed by atoms with Gasteiger partial charge in [0.05, 0.1) is 0 Å². The van der Waals surface area contributed by atoms with Crippen molar-refractivity contribution in [2.75, 3.05) is 12.4 Å². The fourth-order valence-corrected chi connectivity index (χ4v) is 2.28. The van der Waals surface area contributed by atoms with Gasteiger partial charge in [-0.25, -0.2) is 0 Å². The Morgan fingerprint density at radius 1 is 1.47 bits per heavy atom. The van der Waals surface area contributed by atoms with Crippen molar-refractivity contribution in [2.24, 2.45) is 0 Å². The maximum atomic E-state index is 11.8. The van der Waals surface area contributed by atoms with E-state index in [-0.39, 0.29) is 17.6 Å². The van der Waals surface area contributed by atoms with Gasteiger partial charge in [-0.15, -0.1) is 0 Å². The molecule has 104 valence electrons. The summed E-state index contributed by atoms with van der Waals surface area (Å²) in [6.07, 6.45) is 1.34. The van der Waals surface area contributed by atoms with Crippen LogP contribution >= 0.6 is 0 Å². The molecule has 1 aliphatic rings. The summed E-state index contributed by atoms with van der Waals surface area (Å²) in [6.45, 7) is 6.12. The number of fused-ring (bicyclic) bond motifs is 1. The van der Waals surface area contributed by atoms with Gasteiger partial charge in [0.1, 0.15) is 11.4 Å². The van der Waals surface area contributed by atoms with E-state index in [1.54, 1.807) is 0 Å². The van der Waals surface area contributed by atoms with E-state index in [2.05, 4.69) is 24.5 Å². The van der Waals surface area contributed by atoms with Gasteiger partial charge in [0.25, 0.3) is 0 Å². The molecular weight excluding hydrogens is 240 g/mol. The zero-order valence-electron chi connectivity index (χ0n) is 12.0. The van der Waals surface area contributed by atoms with Crippen molar-refractivity contribution >= 4 is 11.6 Å². The van der Waals surface area contributed by atoms with Crippen molar-refractivity contribution in [3.8, 4) is 5.75 Å². The molecule has 0 radical (unpaired) electrons. The van der Waals surface area contributed by atoms with Gasteiger partial charge in [-0.1, -0.05) is 0 Å². The van der Waals surface area contributed by atoms with Gasteiger partial charge in [0.15, 0.2) is 0 Å². The molecule has 2 N–H and O–H groups in total. The Morgan fingerprint density at radius 3 is 2.89 bits per heavy atom. The highest BCUT2D eigenvalue weighted by Gasteiger charge is 2.29. The lowest BCUT2D eigenvalue weighted by Crippen LogP contribution is -2.27. The second-order valence-corrected chi connectivity index (χ2v) is 5.80. The molecule has 0 spiro atoms. The smallest absolute Gasteiger partial charge is 0.225 e. The number of rotatable bonds is 4. The van der Waals surface area contributed by atoms with Crippen LogP contribution in [-0.2, 0) is 11.2 Å². The zero-order chi connectivity index (χ0) is 14.0. The predicted octanol–water partition coefficient (Wildman–Crippen LogP) is 2.34.